The van der Waals surface area contributed by atoms with Crippen LogP contribution >= 0.6 is 21.6 Å². The van der Waals surface area contributed by atoms with Crippen LogP contribution in [0.1, 0.15) is 97.5 Å². The molecule has 70 heavy (non-hydrogen) atoms. The molecule has 0 aliphatic carbocycles. The smallest absolute Gasteiger partial charge is 0.246 e. The first kappa shape index (κ1) is 56.5. The zero-order valence-electron chi connectivity index (χ0n) is 39.9. The normalized spacial score (nSPS) is 26.7. The van der Waals surface area contributed by atoms with E-state index < -0.39 is 131 Å². The molecule has 23 nitrogen and oxygen atoms in total. The van der Waals surface area contributed by atoms with Gasteiger partial charge in [-0.2, -0.15) is 0 Å². The number of nitrogens with one attached hydrogen (secondary N) is 8. The molecule has 0 unspecified atom stereocenters. The molecule has 3 heterocycles. The molecule has 2 bridgehead atoms. The van der Waals surface area contributed by atoms with E-state index in [1.54, 1.807) is 39.8 Å². The number of primary amides is 2. The molecular weight excluding hydrogens is 951 g/mol. The Bertz CT molecular complexity index is 2110. The van der Waals surface area contributed by atoms with Crippen LogP contribution in [0.2, 0.25) is 0 Å². The fourth-order valence-electron chi connectivity index (χ4n) is 8.02. The van der Waals surface area contributed by atoms with Gasteiger partial charge in [-0.15, -0.1) is 0 Å². The molecule has 1 aromatic carbocycles. The fraction of sp³-hybridized carbons (Fsp3) is 0.622. The van der Waals surface area contributed by atoms with E-state index in [0.717, 1.165) is 10.8 Å². The molecule has 8 atom stereocenters. The van der Waals surface area contributed by atoms with E-state index in [1.165, 1.54) is 27.8 Å². The Labute approximate surface area is 414 Å². The highest BCUT2D eigenvalue weighted by Crippen LogP contribution is 2.39. The maximum atomic E-state index is 14.6. The van der Waals surface area contributed by atoms with E-state index in [-0.39, 0.29) is 63.1 Å². The molecule has 386 valence electrons. The summed E-state index contributed by atoms with van der Waals surface area (Å²) in [6, 6.07) is -3.48. The van der Waals surface area contributed by atoms with Gasteiger partial charge in [-0.05, 0) is 76.0 Å². The molecule has 4 rings (SSSR count). The second-order valence-corrected chi connectivity index (χ2v) is 21.4. The average Bonchev–Trinajstić information content (AvgIpc) is 3.79. The molecule has 11 amide bonds. The van der Waals surface area contributed by atoms with E-state index >= 15 is 0 Å². The second-order valence-electron chi connectivity index (χ2n) is 18.3. The highest BCUT2D eigenvalue weighted by atomic mass is 33.1. The van der Waals surface area contributed by atoms with Crippen LogP contribution in [0.3, 0.4) is 0 Å². The SMILES string of the molecule is CC[C@H](C)[C@@H]1NC(=O)[C@H](Cc2ccc(O)cc2)NC(=O)CC(C)(C)SSC[C@@H]2NC(=O)[C@H](CC(N)=O)NC(=O)[C@H](CCC(=O)NCCCC[C@@H](C(=O)NCC(N)=O)NC(=O)[C@@H]3CCCN3C2=O)NC1=O. The minimum Gasteiger partial charge on any atom is -0.508 e. The first-order chi connectivity index (χ1) is 33.1. The van der Waals surface area contributed by atoms with Gasteiger partial charge in [0.15, 0.2) is 0 Å². The molecule has 3 aliphatic heterocycles. The third-order valence-electron chi connectivity index (χ3n) is 12.0. The summed E-state index contributed by atoms with van der Waals surface area (Å²) < 4.78 is -0.887. The Kier molecular flexibility index (Phi) is 21.6. The van der Waals surface area contributed by atoms with Gasteiger partial charge < -0.3 is 64.0 Å². The van der Waals surface area contributed by atoms with Crippen LogP contribution < -0.4 is 54.0 Å². The van der Waals surface area contributed by atoms with Gasteiger partial charge in [0.05, 0.1) is 13.0 Å². The third kappa shape index (κ3) is 17.7. The van der Waals surface area contributed by atoms with Crippen molar-refractivity contribution >= 4 is 86.6 Å². The summed E-state index contributed by atoms with van der Waals surface area (Å²) in [5, 5.41) is 31.0. The summed E-state index contributed by atoms with van der Waals surface area (Å²) in [7, 11) is 2.30. The lowest BCUT2D eigenvalue weighted by atomic mass is 9.96. The lowest BCUT2D eigenvalue weighted by Gasteiger charge is -2.32. The minimum atomic E-state index is -1.71. The molecule has 0 aromatic heterocycles. The molecule has 3 fully saturated rings. The Morgan fingerprint density at radius 2 is 1.47 bits per heavy atom. The van der Waals surface area contributed by atoms with Gasteiger partial charge in [-0.25, -0.2) is 0 Å². The van der Waals surface area contributed by atoms with Crippen LogP contribution in [-0.2, 0) is 59.2 Å². The third-order valence-corrected chi connectivity index (χ3v) is 15.3. The Balaban J connectivity index is 1.82. The Hall–Kier alpha value is -6.11. The van der Waals surface area contributed by atoms with Crippen molar-refractivity contribution in [1.29, 1.82) is 0 Å². The zero-order chi connectivity index (χ0) is 51.7. The number of carbonyl (C=O) groups excluding carboxylic acids is 11. The Morgan fingerprint density at radius 1 is 0.786 bits per heavy atom. The van der Waals surface area contributed by atoms with E-state index in [0.29, 0.717) is 31.2 Å². The summed E-state index contributed by atoms with van der Waals surface area (Å²) in [6.45, 7) is 6.63. The number of carbonyl (C=O) groups is 11. The highest BCUT2D eigenvalue weighted by molar-refractivity contribution is 8.77. The van der Waals surface area contributed by atoms with Gasteiger partial charge in [0.25, 0.3) is 0 Å². The van der Waals surface area contributed by atoms with Crippen molar-refractivity contribution in [3.05, 3.63) is 29.8 Å². The number of rotatable bonds is 9. The summed E-state index contributed by atoms with van der Waals surface area (Å²) in [5.74, 6) is -9.36. The first-order valence-corrected chi connectivity index (χ1v) is 25.7. The predicted molar refractivity (Wildman–Crippen MR) is 258 cm³/mol. The van der Waals surface area contributed by atoms with Gasteiger partial charge in [0.1, 0.15) is 48.0 Å². The second kappa shape index (κ2) is 26.8. The number of aromatic hydroxyl groups is 1. The van der Waals surface area contributed by atoms with Gasteiger partial charge in [-0.3, -0.25) is 52.7 Å². The zero-order valence-corrected chi connectivity index (χ0v) is 41.5. The quantitative estimate of drug-likeness (QED) is 0.119. The minimum absolute atomic E-state index is 0.0205. The van der Waals surface area contributed by atoms with Crippen molar-refractivity contribution in [3.63, 3.8) is 0 Å². The summed E-state index contributed by atoms with van der Waals surface area (Å²) in [5.41, 5.74) is 11.4. The molecule has 3 aliphatic rings. The number of nitrogens with zero attached hydrogens (tertiary/aromatic N) is 1. The standard InChI is InChI=1S/C45H67N11O12S2/c1-5-24(2)37-43(67)52-28-15-16-35(60)48-17-7-6-9-27(38(62)49-22-34(47)59)51-42(66)32-10-8-18-56(32)44(68)31(54-40(64)30(20-33(46)58)53-39(28)63)23-69-70-45(3,4)21-36(61)50-29(41(65)55-37)19-25-11-13-26(57)14-12-25/h11-14,24,27-32,37,57H,5-10,15-23H2,1-4H3,(H2,46,58)(H2,47,59)(H,48,60)(H,49,62)(H,50,61)(H,51,66)(H,52,67)(H,53,63)(H,54,64)(H,55,65)/t24-,27-,28-,29-,30-,31-,32-,37-/m0/s1. The molecular formula is C45H67N11O12S2. The summed E-state index contributed by atoms with van der Waals surface area (Å²) >= 11 is 0. The number of fused-ring (bicyclic) bond motifs is 7. The number of phenols is 1. The Morgan fingerprint density at radius 3 is 2.14 bits per heavy atom. The monoisotopic (exact) mass is 1020 g/mol. The van der Waals surface area contributed by atoms with Crippen molar-refractivity contribution in [1.82, 2.24) is 47.4 Å². The van der Waals surface area contributed by atoms with Crippen molar-refractivity contribution in [2.45, 2.75) is 145 Å². The number of hydrogen-bond acceptors (Lipinski definition) is 14. The summed E-state index contributed by atoms with van der Waals surface area (Å²) in [4.78, 5) is 151. The van der Waals surface area contributed by atoms with Gasteiger partial charge in [-0.1, -0.05) is 54.0 Å². The van der Waals surface area contributed by atoms with Crippen LogP contribution in [0.25, 0.3) is 0 Å². The average molecular weight is 1020 g/mol. The van der Waals surface area contributed by atoms with E-state index in [1.807, 2.05) is 0 Å². The topological polar surface area (TPSA) is 360 Å². The van der Waals surface area contributed by atoms with E-state index in [9.17, 15) is 57.8 Å². The molecule has 13 N–H and O–H groups in total. The molecule has 0 radical (unpaired) electrons. The fourth-order valence-corrected chi connectivity index (χ4v) is 10.7. The lowest BCUT2D eigenvalue weighted by molar-refractivity contribution is -0.142. The van der Waals surface area contributed by atoms with Crippen LogP contribution in [0.5, 0.6) is 5.75 Å². The number of phenolic OH excluding ortho intramolecular Hbond substituents is 1. The molecule has 0 saturated carbocycles. The number of hydrogen-bond donors (Lipinski definition) is 11. The van der Waals surface area contributed by atoms with Crippen molar-refractivity contribution in [2.24, 2.45) is 17.4 Å². The van der Waals surface area contributed by atoms with Crippen LogP contribution in [0, 0.1) is 5.92 Å². The molecule has 3 saturated heterocycles. The van der Waals surface area contributed by atoms with Gasteiger partial charge >= 0.3 is 0 Å². The van der Waals surface area contributed by atoms with Crippen LogP contribution in [-0.4, -0.2) is 147 Å². The summed E-state index contributed by atoms with van der Waals surface area (Å²) in [6.07, 6.45) is -0.0691. The van der Waals surface area contributed by atoms with Crippen molar-refractivity contribution in [2.75, 3.05) is 25.4 Å². The highest BCUT2D eigenvalue weighted by Gasteiger charge is 2.41. The largest absolute Gasteiger partial charge is 0.508 e. The van der Waals surface area contributed by atoms with Gasteiger partial charge in [0.2, 0.25) is 65.0 Å². The van der Waals surface area contributed by atoms with E-state index in [4.69, 9.17) is 11.5 Å². The maximum absolute atomic E-state index is 14.6. The van der Waals surface area contributed by atoms with Crippen molar-refractivity contribution in [3.8, 4) is 5.75 Å². The van der Waals surface area contributed by atoms with Crippen molar-refractivity contribution < 1.29 is 57.8 Å². The molecule has 1 aromatic rings. The molecule has 0 spiro atoms. The predicted octanol–water partition coefficient (Wildman–Crippen LogP) is -2.00. The maximum Gasteiger partial charge on any atom is 0.246 e. The van der Waals surface area contributed by atoms with Gasteiger partial charge in [0, 0.05) is 42.9 Å². The van der Waals surface area contributed by atoms with Crippen LogP contribution in [0.15, 0.2) is 24.3 Å². The molecule has 25 heteroatoms. The van der Waals surface area contributed by atoms with E-state index in [2.05, 4.69) is 42.5 Å². The number of amides is 11. The number of benzene rings is 1. The number of nitrogens with two attached hydrogens (primary N) is 2. The first-order valence-electron chi connectivity index (χ1n) is 23.4. The van der Waals surface area contributed by atoms with Crippen LogP contribution in [0.4, 0.5) is 0 Å². The lowest BCUT2D eigenvalue weighted by Crippen LogP contribution is -2.61.